The summed E-state index contributed by atoms with van der Waals surface area (Å²) >= 11 is 0. The molecule has 0 bridgehead atoms. The van der Waals surface area contributed by atoms with E-state index in [1.165, 1.54) is 12.1 Å². The number of aliphatic hydroxyl groups is 2. The molecule has 16 nitrogen and oxygen atoms in total. The lowest BCUT2D eigenvalue weighted by Gasteiger charge is -2.19. The first kappa shape index (κ1) is 36.6. The molecule has 0 aliphatic carbocycles. The third-order valence-corrected chi connectivity index (χ3v) is 6.95. The molecule has 1 atom stereocenters. The smallest absolute Gasteiger partial charge is 0.337 e. The van der Waals surface area contributed by atoms with E-state index in [2.05, 4.69) is 0 Å². The van der Waals surface area contributed by atoms with E-state index in [0.29, 0.717) is 0 Å². The molecule has 0 radical (unpaired) electrons. The Balaban J connectivity index is 0.000000419. The summed E-state index contributed by atoms with van der Waals surface area (Å²) in [6, 6.07) is 14.2. The van der Waals surface area contributed by atoms with Gasteiger partial charge in [-0.05, 0) is 46.5 Å². The predicted molar refractivity (Wildman–Crippen MR) is 165 cm³/mol. The second-order valence-corrected chi connectivity index (χ2v) is 9.79. The Morgan fingerprint density at radius 3 is 1.29 bits per heavy atom. The molecule has 16 heteroatoms. The Labute approximate surface area is 273 Å². The highest BCUT2D eigenvalue weighted by atomic mass is 16.4. The maximum absolute atomic E-state index is 12.3. The topological polar surface area (TPSA) is 302 Å². The Morgan fingerprint density at radius 1 is 0.429 bits per heavy atom. The SMILES string of the molecule is O=C(O)c1cccc(-c2ccc(C(=O)O)c(C(=O)O)c2-c2cccc(C(=O)O)c2C(=O)O)c1C(=O)O.O=C(O)c1ccccc1C(O)CO. The third-order valence-electron chi connectivity index (χ3n) is 6.95. The molecule has 0 fully saturated rings. The monoisotopic (exact) mass is 676 g/mol. The van der Waals surface area contributed by atoms with Crippen LogP contribution in [-0.2, 0) is 0 Å². The van der Waals surface area contributed by atoms with Gasteiger partial charge in [0, 0.05) is 5.56 Å². The number of hydrogen-bond acceptors (Lipinski definition) is 9. The van der Waals surface area contributed by atoms with Crippen LogP contribution in [0.2, 0.25) is 0 Å². The van der Waals surface area contributed by atoms with Crippen molar-refractivity contribution in [2.75, 3.05) is 6.61 Å². The van der Waals surface area contributed by atoms with E-state index in [1.54, 1.807) is 12.1 Å². The van der Waals surface area contributed by atoms with Crippen LogP contribution in [0.25, 0.3) is 22.3 Å². The summed E-state index contributed by atoms with van der Waals surface area (Å²) in [7, 11) is 0. The minimum atomic E-state index is -1.84. The molecule has 252 valence electrons. The van der Waals surface area contributed by atoms with Crippen LogP contribution < -0.4 is 0 Å². The number of aliphatic hydroxyl groups excluding tert-OH is 2. The first-order chi connectivity index (χ1) is 23.0. The van der Waals surface area contributed by atoms with Gasteiger partial charge in [0.15, 0.2) is 0 Å². The standard InChI is InChI=1S/C24H14O12.C9H10O4/c25-19(26)12-5-1-3-9(16(12)22(31)32)10-7-8-14(21(29)30)18(24(35)36)15(10)11-4-2-6-13(20(27)28)17(11)23(33)34;10-5-8(11)6-3-1-2-4-7(6)9(12)13/h1-8H,(H,25,26)(H,27,28)(H,29,30)(H,31,32)(H,33,34)(H,35,36);1-4,8,10-11H,5H2,(H,12,13). The second kappa shape index (κ2) is 15.1. The number of rotatable bonds is 11. The van der Waals surface area contributed by atoms with Crippen LogP contribution in [0.4, 0.5) is 0 Å². The first-order valence-corrected chi connectivity index (χ1v) is 13.5. The predicted octanol–water partition coefficient (Wildman–Crippen LogP) is 3.62. The van der Waals surface area contributed by atoms with Crippen LogP contribution in [0.15, 0.2) is 72.8 Å². The summed E-state index contributed by atoms with van der Waals surface area (Å²) in [5, 5.41) is 84.6. The molecule has 0 aromatic heterocycles. The molecule has 0 aliphatic rings. The van der Waals surface area contributed by atoms with Crippen molar-refractivity contribution >= 4 is 41.8 Å². The lowest BCUT2D eigenvalue weighted by Crippen LogP contribution is -2.15. The van der Waals surface area contributed by atoms with Crippen LogP contribution in [0.5, 0.6) is 0 Å². The van der Waals surface area contributed by atoms with Crippen molar-refractivity contribution in [3.8, 4) is 22.3 Å². The highest BCUT2D eigenvalue weighted by molar-refractivity contribution is 6.16. The highest BCUT2D eigenvalue weighted by Gasteiger charge is 2.31. The minimum absolute atomic E-state index is 0.0176. The van der Waals surface area contributed by atoms with Gasteiger partial charge in [0.1, 0.15) is 6.10 Å². The molecule has 9 N–H and O–H groups in total. The first-order valence-electron chi connectivity index (χ1n) is 13.5. The Hall–Kier alpha value is -6.91. The number of aromatic carboxylic acids is 7. The quantitative estimate of drug-likeness (QED) is 0.109. The number of benzene rings is 4. The van der Waals surface area contributed by atoms with Crippen LogP contribution in [0.3, 0.4) is 0 Å². The molecule has 0 saturated carbocycles. The van der Waals surface area contributed by atoms with E-state index in [9.17, 15) is 69.3 Å². The number of hydrogen-bond donors (Lipinski definition) is 9. The van der Waals surface area contributed by atoms with Crippen molar-refractivity contribution in [3.05, 3.63) is 117 Å². The van der Waals surface area contributed by atoms with Crippen molar-refractivity contribution in [3.63, 3.8) is 0 Å². The summed E-state index contributed by atoms with van der Waals surface area (Å²) in [6.07, 6.45) is -1.13. The van der Waals surface area contributed by atoms with Crippen LogP contribution in [0, 0.1) is 0 Å². The zero-order valence-corrected chi connectivity index (χ0v) is 24.6. The van der Waals surface area contributed by atoms with Crippen molar-refractivity contribution in [2.24, 2.45) is 0 Å². The molecule has 0 heterocycles. The maximum Gasteiger partial charge on any atom is 0.337 e. The lowest BCUT2D eigenvalue weighted by molar-refractivity contribution is 0.0650. The van der Waals surface area contributed by atoms with Gasteiger partial charge in [-0.1, -0.05) is 48.5 Å². The molecule has 4 rings (SSSR count). The van der Waals surface area contributed by atoms with Crippen LogP contribution in [0.1, 0.15) is 84.2 Å². The van der Waals surface area contributed by atoms with Crippen LogP contribution >= 0.6 is 0 Å². The molecular weight excluding hydrogens is 652 g/mol. The average Bonchev–Trinajstić information content (AvgIpc) is 3.06. The molecule has 4 aromatic carbocycles. The summed E-state index contributed by atoms with van der Waals surface area (Å²) in [6.45, 7) is -0.482. The van der Waals surface area contributed by atoms with E-state index >= 15 is 0 Å². The zero-order chi connectivity index (χ0) is 36.7. The Morgan fingerprint density at radius 2 is 0.837 bits per heavy atom. The zero-order valence-electron chi connectivity index (χ0n) is 24.6. The van der Waals surface area contributed by atoms with Crippen molar-refractivity contribution < 1.29 is 79.5 Å². The molecular formula is C33H24O16. The van der Waals surface area contributed by atoms with E-state index in [-0.39, 0.29) is 22.3 Å². The van der Waals surface area contributed by atoms with Gasteiger partial charge in [0.25, 0.3) is 0 Å². The van der Waals surface area contributed by atoms with Crippen molar-refractivity contribution in [2.45, 2.75) is 6.10 Å². The van der Waals surface area contributed by atoms with E-state index < -0.39 is 99.0 Å². The van der Waals surface area contributed by atoms with E-state index in [0.717, 1.165) is 48.5 Å². The summed E-state index contributed by atoms with van der Waals surface area (Å²) in [5.74, 6) is -11.5. The van der Waals surface area contributed by atoms with Gasteiger partial charge in [0.2, 0.25) is 0 Å². The number of carboxylic acid groups (broad SMARTS) is 7. The number of carbonyl (C=O) groups is 7. The fraction of sp³-hybridized carbons (Fsp3) is 0.0606. The molecule has 0 amide bonds. The molecule has 0 saturated heterocycles. The maximum atomic E-state index is 12.3. The summed E-state index contributed by atoms with van der Waals surface area (Å²) in [4.78, 5) is 82.2. The van der Waals surface area contributed by atoms with Crippen molar-refractivity contribution in [1.82, 2.24) is 0 Å². The normalized spacial score (nSPS) is 11.0. The summed E-state index contributed by atoms with van der Waals surface area (Å²) < 4.78 is 0. The lowest BCUT2D eigenvalue weighted by atomic mass is 9.83. The van der Waals surface area contributed by atoms with Crippen molar-refractivity contribution in [1.29, 1.82) is 0 Å². The Bertz CT molecular complexity index is 2030. The fourth-order valence-corrected chi connectivity index (χ4v) is 4.94. The fourth-order valence-electron chi connectivity index (χ4n) is 4.94. The molecule has 1 unspecified atom stereocenters. The second-order valence-electron chi connectivity index (χ2n) is 9.79. The van der Waals surface area contributed by atoms with E-state index in [4.69, 9.17) is 10.2 Å². The van der Waals surface area contributed by atoms with Gasteiger partial charge in [-0.3, -0.25) is 0 Å². The molecule has 49 heavy (non-hydrogen) atoms. The van der Waals surface area contributed by atoms with E-state index in [1.807, 2.05) is 0 Å². The molecule has 0 aliphatic heterocycles. The largest absolute Gasteiger partial charge is 0.478 e. The van der Waals surface area contributed by atoms with Gasteiger partial charge < -0.3 is 46.0 Å². The van der Waals surface area contributed by atoms with Gasteiger partial charge >= 0.3 is 41.8 Å². The molecule has 4 aromatic rings. The minimum Gasteiger partial charge on any atom is -0.478 e. The average molecular weight is 677 g/mol. The van der Waals surface area contributed by atoms with Gasteiger partial charge in [0.05, 0.1) is 45.6 Å². The highest BCUT2D eigenvalue weighted by Crippen LogP contribution is 2.41. The molecule has 0 spiro atoms. The number of carboxylic acids is 7. The third kappa shape index (κ3) is 7.57. The van der Waals surface area contributed by atoms with Gasteiger partial charge in [-0.15, -0.1) is 0 Å². The summed E-state index contributed by atoms with van der Waals surface area (Å²) in [5.41, 5.74) is -6.46. The van der Waals surface area contributed by atoms with Crippen LogP contribution in [-0.4, -0.2) is 94.4 Å². The van der Waals surface area contributed by atoms with Gasteiger partial charge in [-0.2, -0.15) is 0 Å². The van der Waals surface area contributed by atoms with Gasteiger partial charge in [-0.25, -0.2) is 33.6 Å². The Kier molecular flexibility index (Phi) is 11.3.